The first-order valence-corrected chi connectivity index (χ1v) is 5.06. The third-order valence-electron chi connectivity index (χ3n) is 2.29. The summed E-state index contributed by atoms with van der Waals surface area (Å²) < 4.78 is 0. The van der Waals surface area contributed by atoms with Gasteiger partial charge in [-0.25, -0.2) is 9.97 Å². The molecule has 2 aromatic heterocycles. The van der Waals surface area contributed by atoms with Crippen molar-refractivity contribution in [1.82, 2.24) is 15.0 Å². The summed E-state index contributed by atoms with van der Waals surface area (Å²) in [4.78, 5) is 11.5. The number of aromatic nitrogens is 3. The Labute approximate surface area is 93.4 Å². The summed E-state index contributed by atoms with van der Waals surface area (Å²) in [5.74, 6) is 0.471. The van der Waals surface area contributed by atoms with Gasteiger partial charge in [-0.3, -0.25) is 0 Å². The molecule has 4 N–H and O–H groups in total. The maximum atomic E-state index is 8.99. The van der Waals surface area contributed by atoms with Crippen molar-refractivity contribution in [2.45, 2.75) is 13.0 Å². The molecule has 0 aliphatic carbocycles. The normalized spacial score (nSPS) is 12.7. The molecule has 16 heavy (non-hydrogen) atoms. The largest absolute Gasteiger partial charge is 0.394 e. The van der Waals surface area contributed by atoms with Gasteiger partial charge in [0.1, 0.15) is 5.82 Å². The first kappa shape index (κ1) is 10.8. The van der Waals surface area contributed by atoms with Crippen LogP contribution in [0.15, 0.2) is 24.5 Å². The van der Waals surface area contributed by atoms with Crippen LogP contribution >= 0.6 is 0 Å². The van der Waals surface area contributed by atoms with Crippen molar-refractivity contribution in [3.63, 3.8) is 0 Å². The summed E-state index contributed by atoms with van der Waals surface area (Å²) >= 11 is 0. The monoisotopic (exact) mass is 218 g/mol. The molecule has 1 unspecified atom stereocenters. The van der Waals surface area contributed by atoms with E-state index in [0.29, 0.717) is 5.82 Å². The molecule has 0 aromatic carbocycles. The highest BCUT2D eigenvalue weighted by Crippen LogP contribution is 2.18. The molecule has 2 rings (SSSR count). The van der Waals surface area contributed by atoms with Crippen LogP contribution in [0.5, 0.6) is 0 Å². The third kappa shape index (κ3) is 2.10. The average molecular weight is 218 g/mol. The summed E-state index contributed by atoms with van der Waals surface area (Å²) in [6, 6.07) is 3.28. The molecule has 0 aliphatic rings. The Balaban J connectivity index is 2.44. The molecule has 0 aliphatic heterocycles. The highest BCUT2D eigenvalue weighted by Gasteiger charge is 2.11. The highest BCUT2D eigenvalue weighted by molar-refractivity contribution is 5.58. The van der Waals surface area contributed by atoms with Gasteiger partial charge in [0.05, 0.1) is 18.3 Å². The lowest BCUT2D eigenvalue weighted by Crippen LogP contribution is -2.18. The summed E-state index contributed by atoms with van der Waals surface area (Å²) in [5.41, 5.74) is 8.34. The van der Waals surface area contributed by atoms with E-state index in [1.54, 1.807) is 0 Å². The zero-order valence-corrected chi connectivity index (χ0v) is 9.01. The van der Waals surface area contributed by atoms with Gasteiger partial charge in [-0.05, 0) is 19.1 Å². The smallest absolute Gasteiger partial charge is 0.148 e. The van der Waals surface area contributed by atoms with Crippen molar-refractivity contribution >= 4 is 0 Å². The van der Waals surface area contributed by atoms with Crippen LogP contribution in [0.25, 0.3) is 11.3 Å². The number of nitrogens with zero attached hydrogens (tertiary/aromatic N) is 2. The maximum absolute atomic E-state index is 8.99. The fourth-order valence-electron chi connectivity index (χ4n) is 1.47. The Bertz CT molecular complexity index is 467. The van der Waals surface area contributed by atoms with Crippen LogP contribution in [0.4, 0.5) is 0 Å². The zero-order valence-electron chi connectivity index (χ0n) is 9.01. The summed E-state index contributed by atoms with van der Waals surface area (Å²) in [7, 11) is 0. The Kier molecular flexibility index (Phi) is 2.98. The molecule has 0 radical (unpaired) electrons. The van der Waals surface area contributed by atoms with E-state index in [1.165, 1.54) is 0 Å². The van der Waals surface area contributed by atoms with Crippen LogP contribution in [-0.4, -0.2) is 26.7 Å². The van der Waals surface area contributed by atoms with E-state index >= 15 is 0 Å². The van der Waals surface area contributed by atoms with E-state index in [0.717, 1.165) is 17.0 Å². The van der Waals surface area contributed by atoms with Crippen molar-refractivity contribution in [2.75, 3.05) is 6.61 Å². The van der Waals surface area contributed by atoms with Crippen LogP contribution in [0.3, 0.4) is 0 Å². The first-order valence-electron chi connectivity index (χ1n) is 5.06. The maximum Gasteiger partial charge on any atom is 0.148 e. The number of H-pyrrole nitrogens is 1. The summed E-state index contributed by atoms with van der Waals surface area (Å²) in [6.45, 7) is 1.72. The molecule has 1 atom stereocenters. The molecule has 2 aromatic rings. The Morgan fingerprint density at radius 1 is 1.50 bits per heavy atom. The predicted molar refractivity (Wildman–Crippen MR) is 60.6 cm³/mol. The lowest BCUT2D eigenvalue weighted by molar-refractivity contribution is 0.263. The van der Waals surface area contributed by atoms with E-state index < -0.39 is 6.04 Å². The predicted octanol–water partition coefficient (Wildman–Crippen LogP) is 0.772. The minimum Gasteiger partial charge on any atom is -0.394 e. The van der Waals surface area contributed by atoms with Crippen LogP contribution in [0.1, 0.15) is 17.6 Å². The summed E-state index contributed by atoms with van der Waals surface area (Å²) in [5, 5.41) is 8.99. The lowest BCUT2D eigenvalue weighted by atomic mass is 10.2. The Morgan fingerprint density at radius 2 is 2.31 bits per heavy atom. The molecule has 0 bridgehead atoms. The third-order valence-corrected chi connectivity index (χ3v) is 2.29. The fourth-order valence-corrected chi connectivity index (χ4v) is 1.47. The molecule has 0 spiro atoms. The molecule has 2 heterocycles. The average Bonchev–Trinajstić information content (AvgIpc) is 2.80. The Hall–Kier alpha value is -1.72. The van der Waals surface area contributed by atoms with Crippen molar-refractivity contribution in [3.8, 4) is 11.3 Å². The van der Waals surface area contributed by atoms with E-state index in [-0.39, 0.29) is 6.61 Å². The van der Waals surface area contributed by atoms with Crippen LogP contribution < -0.4 is 5.73 Å². The van der Waals surface area contributed by atoms with Gasteiger partial charge in [0.2, 0.25) is 0 Å². The number of nitrogens with two attached hydrogens (primary N) is 1. The van der Waals surface area contributed by atoms with Gasteiger partial charge in [-0.1, -0.05) is 0 Å². The first-order chi connectivity index (χ1) is 7.70. The van der Waals surface area contributed by atoms with E-state index in [4.69, 9.17) is 10.8 Å². The number of hydrogen-bond donors (Lipinski definition) is 3. The zero-order chi connectivity index (χ0) is 11.5. The van der Waals surface area contributed by atoms with Gasteiger partial charge in [0.25, 0.3) is 0 Å². The molecule has 0 saturated carbocycles. The second-order valence-electron chi connectivity index (χ2n) is 3.64. The van der Waals surface area contributed by atoms with Gasteiger partial charge < -0.3 is 15.8 Å². The van der Waals surface area contributed by atoms with E-state index in [2.05, 4.69) is 15.0 Å². The van der Waals surface area contributed by atoms with Crippen LogP contribution in [0, 0.1) is 6.92 Å². The topological polar surface area (TPSA) is 87.8 Å². The van der Waals surface area contributed by atoms with Crippen molar-refractivity contribution < 1.29 is 5.11 Å². The second kappa shape index (κ2) is 4.42. The van der Waals surface area contributed by atoms with Crippen LogP contribution in [0.2, 0.25) is 0 Å². The number of aromatic amines is 1. The molecule has 0 saturated heterocycles. The molecule has 84 valence electrons. The molecular formula is C11H14N4O. The van der Waals surface area contributed by atoms with Crippen molar-refractivity contribution in [2.24, 2.45) is 5.73 Å². The lowest BCUT2D eigenvalue weighted by Gasteiger charge is -2.09. The number of aliphatic hydroxyl groups is 1. The molecule has 0 fully saturated rings. The Morgan fingerprint density at radius 3 is 2.94 bits per heavy atom. The van der Waals surface area contributed by atoms with Crippen LogP contribution in [-0.2, 0) is 0 Å². The summed E-state index contributed by atoms with van der Waals surface area (Å²) in [6.07, 6.45) is 3.69. The minimum atomic E-state index is -0.530. The van der Waals surface area contributed by atoms with Gasteiger partial charge in [-0.15, -0.1) is 0 Å². The van der Waals surface area contributed by atoms with Gasteiger partial charge in [-0.2, -0.15) is 0 Å². The number of aryl methyl sites for hydroxylation is 1. The van der Waals surface area contributed by atoms with Gasteiger partial charge in [0.15, 0.2) is 0 Å². The number of rotatable bonds is 3. The van der Waals surface area contributed by atoms with Gasteiger partial charge >= 0.3 is 0 Å². The van der Waals surface area contributed by atoms with Crippen molar-refractivity contribution in [3.05, 3.63) is 36.0 Å². The molecule has 0 amide bonds. The fraction of sp³-hybridized carbons (Fsp3) is 0.273. The molecule has 5 nitrogen and oxygen atoms in total. The quantitative estimate of drug-likeness (QED) is 0.710. The minimum absolute atomic E-state index is 0.157. The van der Waals surface area contributed by atoms with Gasteiger partial charge in [0, 0.05) is 23.7 Å². The SMILES string of the molecule is Cc1cc(-c2cc[nH]c2)nc(C(N)CO)n1. The number of aliphatic hydroxyl groups excluding tert-OH is 1. The molecular weight excluding hydrogens is 204 g/mol. The van der Waals surface area contributed by atoms with E-state index in [1.807, 2.05) is 31.5 Å². The second-order valence-corrected chi connectivity index (χ2v) is 3.64. The highest BCUT2D eigenvalue weighted by atomic mass is 16.3. The number of hydrogen-bond acceptors (Lipinski definition) is 4. The van der Waals surface area contributed by atoms with Crippen molar-refractivity contribution in [1.29, 1.82) is 0 Å². The standard InChI is InChI=1S/C11H14N4O/c1-7-4-10(8-2-3-13-5-8)15-11(14-7)9(12)6-16/h2-5,9,13,16H,6,12H2,1H3. The van der Waals surface area contributed by atoms with E-state index in [9.17, 15) is 0 Å². The molecule has 5 heteroatoms. The number of nitrogens with one attached hydrogen (secondary N) is 1.